The topological polar surface area (TPSA) is 74.6 Å². The highest BCUT2D eigenvalue weighted by Crippen LogP contribution is 2.34. The third-order valence-corrected chi connectivity index (χ3v) is 7.98. The number of aliphatic carboxylic acids is 2. The largest absolute Gasteiger partial charge is 0.481 e. The number of allylic oxidation sites excluding steroid dienone is 1. The van der Waals surface area contributed by atoms with Crippen molar-refractivity contribution in [2.75, 3.05) is 0 Å². The van der Waals surface area contributed by atoms with Gasteiger partial charge in [0.05, 0.1) is 11.8 Å². The van der Waals surface area contributed by atoms with Crippen LogP contribution in [-0.2, 0) is 9.59 Å². The van der Waals surface area contributed by atoms with E-state index < -0.39 is 17.9 Å². The Balaban J connectivity index is 2.55. The Morgan fingerprint density at radius 1 is 0.714 bits per heavy atom. The van der Waals surface area contributed by atoms with Crippen LogP contribution in [0.3, 0.4) is 0 Å². The lowest BCUT2D eigenvalue weighted by Gasteiger charge is -2.27. The molecule has 0 aliphatic heterocycles. The van der Waals surface area contributed by atoms with Gasteiger partial charge in [0, 0.05) is 0 Å². The molecule has 0 heterocycles. The van der Waals surface area contributed by atoms with Gasteiger partial charge in [0.2, 0.25) is 0 Å². The molecule has 4 nitrogen and oxygen atoms in total. The summed E-state index contributed by atoms with van der Waals surface area (Å²) in [7, 11) is 0. The van der Waals surface area contributed by atoms with Crippen molar-refractivity contribution in [2.24, 2.45) is 17.8 Å². The highest BCUT2D eigenvalue weighted by atomic mass is 16.4. The van der Waals surface area contributed by atoms with Crippen molar-refractivity contribution >= 4 is 11.9 Å². The predicted octanol–water partition coefficient (Wildman–Crippen LogP) is 9.57. The predicted molar refractivity (Wildman–Crippen MR) is 147 cm³/mol. The monoisotopic (exact) mass is 492 g/mol. The van der Waals surface area contributed by atoms with Gasteiger partial charge in [0.15, 0.2) is 0 Å². The van der Waals surface area contributed by atoms with E-state index in [0.29, 0.717) is 12.8 Å². The summed E-state index contributed by atoms with van der Waals surface area (Å²) in [4.78, 5) is 24.2. The standard InChI is InChI=1S/C31H56O4/c1-3-5-7-9-10-11-12-13-14-17-23-28(30(32)33)24-26(20-16-8-6-4-2)25-29(31(34)35)27-21-18-15-19-22-27/h21,26,28-29H,3-20,22-25H2,1-2H3,(H,32,33)(H,34,35). The van der Waals surface area contributed by atoms with Gasteiger partial charge >= 0.3 is 11.9 Å². The van der Waals surface area contributed by atoms with Crippen LogP contribution in [0.1, 0.15) is 155 Å². The Bertz CT molecular complexity index is 583. The minimum atomic E-state index is -0.724. The normalized spacial score (nSPS) is 16.5. The molecule has 1 aliphatic carbocycles. The average molecular weight is 493 g/mol. The van der Waals surface area contributed by atoms with Crippen LogP contribution in [0.15, 0.2) is 11.6 Å². The van der Waals surface area contributed by atoms with Crippen LogP contribution < -0.4 is 0 Å². The Morgan fingerprint density at radius 3 is 1.77 bits per heavy atom. The lowest BCUT2D eigenvalue weighted by atomic mass is 9.78. The van der Waals surface area contributed by atoms with E-state index in [1.807, 2.05) is 0 Å². The molecule has 0 aromatic rings. The minimum absolute atomic E-state index is 0.181. The van der Waals surface area contributed by atoms with Crippen LogP contribution in [0, 0.1) is 17.8 Å². The van der Waals surface area contributed by atoms with Crippen molar-refractivity contribution < 1.29 is 19.8 Å². The first-order valence-electron chi connectivity index (χ1n) is 15.1. The third-order valence-electron chi connectivity index (χ3n) is 7.98. The molecular formula is C31H56O4. The quantitative estimate of drug-likeness (QED) is 0.110. The zero-order valence-corrected chi connectivity index (χ0v) is 23.1. The highest BCUT2D eigenvalue weighted by Gasteiger charge is 2.29. The van der Waals surface area contributed by atoms with Crippen molar-refractivity contribution in [1.29, 1.82) is 0 Å². The molecule has 4 heteroatoms. The Morgan fingerprint density at radius 2 is 1.26 bits per heavy atom. The molecule has 1 aliphatic rings. The summed E-state index contributed by atoms with van der Waals surface area (Å²) in [6.45, 7) is 4.44. The fraction of sp³-hybridized carbons (Fsp3) is 0.871. The molecule has 2 N–H and O–H groups in total. The van der Waals surface area contributed by atoms with E-state index >= 15 is 0 Å². The van der Waals surface area contributed by atoms with E-state index in [-0.39, 0.29) is 11.8 Å². The molecule has 0 aromatic carbocycles. The summed E-state index contributed by atoms with van der Waals surface area (Å²) >= 11 is 0. The minimum Gasteiger partial charge on any atom is -0.481 e. The van der Waals surface area contributed by atoms with E-state index in [1.165, 1.54) is 64.2 Å². The molecule has 0 radical (unpaired) electrons. The van der Waals surface area contributed by atoms with Crippen LogP contribution in [0.25, 0.3) is 0 Å². The first kappa shape index (κ1) is 31.7. The number of carbonyl (C=O) groups is 2. The van der Waals surface area contributed by atoms with Crippen molar-refractivity contribution in [2.45, 2.75) is 155 Å². The number of unbranched alkanes of at least 4 members (excludes halogenated alkanes) is 12. The summed E-state index contributed by atoms with van der Waals surface area (Å²) in [5.41, 5.74) is 1.09. The van der Waals surface area contributed by atoms with Crippen LogP contribution >= 0.6 is 0 Å². The number of carboxylic acid groups (broad SMARTS) is 2. The zero-order chi connectivity index (χ0) is 25.7. The van der Waals surface area contributed by atoms with Crippen molar-refractivity contribution in [3.63, 3.8) is 0 Å². The van der Waals surface area contributed by atoms with Gasteiger partial charge < -0.3 is 10.2 Å². The van der Waals surface area contributed by atoms with Crippen molar-refractivity contribution in [3.8, 4) is 0 Å². The highest BCUT2D eigenvalue weighted by molar-refractivity contribution is 5.73. The molecule has 35 heavy (non-hydrogen) atoms. The van der Waals surface area contributed by atoms with E-state index in [9.17, 15) is 19.8 Å². The molecule has 1 rings (SSSR count). The SMILES string of the molecule is CCCCCCCCCCCCC(CC(CCCCCC)CC(C(=O)O)C1=CCCCC1)C(=O)O. The Hall–Kier alpha value is -1.32. The maximum absolute atomic E-state index is 12.1. The number of rotatable bonds is 23. The molecule has 0 bridgehead atoms. The average Bonchev–Trinajstić information content (AvgIpc) is 2.85. The summed E-state index contributed by atoms with van der Waals surface area (Å²) in [5.74, 6) is -2.00. The van der Waals surface area contributed by atoms with Gasteiger partial charge in [-0.15, -0.1) is 0 Å². The number of hydrogen-bond acceptors (Lipinski definition) is 2. The van der Waals surface area contributed by atoms with Crippen LogP contribution in [0.4, 0.5) is 0 Å². The number of carboxylic acids is 2. The van der Waals surface area contributed by atoms with Gasteiger partial charge in [-0.25, -0.2) is 0 Å². The maximum atomic E-state index is 12.1. The molecule has 0 fully saturated rings. The van der Waals surface area contributed by atoms with E-state index in [1.54, 1.807) is 0 Å². The molecule has 3 unspecified atom stereocenters. The lowest BCUT2D eigenvalue weighted by molar-refractivity contribution is -0.142. The van der Waals surface area contributed by atoms with E-state index in [0.717, 1.165) is 69.8 Å². The molecule has 0 spiro atoms. The summed E-state index contributed by atoms with van der Waals surface area (Å²) in [6.07, 6.45) is 26.3. The molecule has 3 atom stereocenters. The Labute approximate surface area is 216 Å². The molecule has 0 amide bonds. The first-order chi connectivity index (χ1) is 17.0. The van der Waals surface area contributed by atoms with Gasteiger partial charge in [-0.05, 0) is 50.9 Å². The fourth-order valence-electron chi connectivity index (χ4n) is 5.74. The Kier molecular flexibility index (Phi) is 18.9. The lowest BCUT2D eigenvalue weighted by Crippen LogP contribution is -2.24. The van der Waals surface area contributed by atoms with Gasteiger partial charge in [-0.3, -0.25) is 9.59 Å². The summed E-state index contributed by atoms with van der Waals surface area (Å²) in [6, 6.07) is 0. The van der Waals surface area contributed by atoms with E-state index in [2.05, 4.69) is 19.9 Å². The van der Waals surface area contributed by atoms with Crippen molar-refractivity contribution in [1.82, 2.24) is 0 Å². The van der Waals surface area contributed by atoms with Crippen LogP contribution in [0.2, 0.25) is 0 Å². The second-order valence-electron chi connectivity index (χ2n) is 11.1. The van der Waals surface area contributed by atoms with Crippen LogP contribution in [-0.4, -0.2) is 22.2 Å². The zero-order valence-electron chi connectivity index (χ0n) is 23.1. The second kappa shape index (κ2) is 20.8. The maximum Gasteiger partial charge on any atom is 0.310 e. The summed E-state index contributed by atoms with van der Waals surface area (Å²) < 4.78 is 0. The molecule has 204 valence electrons. The van der Waals surface area contributed by atoms with E-state index in [4.69, 9.17) is 0 Å². The summed E-state index contributed by atoms with van der Waals surface area (Å²) in [5, 5.41) is 19.9. The molecular weight excluding hydrogens is 436 g/mol. The van der Waals surface area contributed by atoms with Gasteiger partial charge in [-0.1, -0.05) is 122 Å². The second-order valence-corrected chi connectivity index (χ2v) is 11.1. The van der Waals surface area contributed by atoms with Gasteiger partial charge in [0.1, 0.15) is 0 Å². The number of hydrogen-bond donors (Lipinski definition) is 2. The van der Waals surface area contributed by atoms with Gasteiger partial charge in [-0.2, -0.15) is 0 Å². The molecule has 0 aromatic heterocycles. The third kappa shape index (κ3) is 15.4. The smallest absolute Gasteiger partial charge is 0.310 e. The molecule has 0 saturated heterocycles. The fourth-order valence-corrected chi connectivity index (χ4v) is 5.74. The molecule has 0 saturated carbocycles. The van der Waals surface area contributed by atoms with Crippen LogP contribution in [0.5, 0.6) is 0 Å². The first-order valence-corrected chi connectivity index (χ1v) is 15.1. The van der Waals surface area contributed by atoms with Gasteiger partial charge in [0.25, 0.3) is 0 Å². The van der Waals surface area contributed by atoms with Crippen molar-refractivity contribution in [3.05, 3.63) is 11.6 Å².